The summed E-state index contributed by atoms with van der Waals surface area (Å²) in [5.41, 5.74) is 2.14. The first-order chi connectivity index (χ1) is 18.4. The van der Waals surface area contributed by atoms with E-state index < -0.39 is 22.5 Å². The van der Waals surface area contributed by atoms with Crippen LogP contribution in [0.3, 0.4) is 0 Å². The van der Waals surface area contributed by atoms with Crippen molar-refractivity contribution >= 4 is 27.5 Å². The number of sulfonamides is 1. The fourth-order valence-electron chi connectivity index (χ4n) is 4.54. The van der Waals surface area contributed by atoms with Crippen molar-refractivity contribution in [3.8, 4) is 11.5 Å². The predicted molar refractivity (Wildman–Crippen MR) is 141 cm³/mol. The summed E-state index contributed by atoms with van der Waals surface area (Å²) in [6.07, 6.45) is 1.46. The van der Waals surface area contributed by atoms with Gasteiger partial charge in [0, 0.05) is 32.1 Å². The molecule has 0 aromatic heterocycles. The molecule has 9 nitrogen and oxygen atoms in total. The molecule has 0 radical (unpaired) electrons. The quantitative estimate of drug-likeness (QED) is 0.452. The maximum atomic E-state index is 13.6. The molecule has 38 heavy (non-hydrogen) atoms. The first-order valence-corrected chi connectivity index (χ1v) is 13.9. The Morgan fingerprint density at radius 2 is 1.68 bits per heavy atom. The number of carbonyl (C=O) groups excluding carboxylic acids is 2. The number of nitrogens with one attached hydrogen (secondary N) is 1. The predicted octanol–water partition coefficient (Wildman–Crippen LogP) is 3.09. The zero-order valence-corrected chi connectivity index (χ0v) is 21.7. The van der Waals surface area contributed by atoms with Crippen LogP contribution >= 0.6 is 0 Å². The molecule has 5 rings (SSSR count). The number of benzene rings is 3. The highest BCUT2D eigenvalue weighted by Crippen LogP contribution is 2.35. The summed E-state index contributed by atoms with van der Waals surface area (Å²) in [7, 11) is -4.05. The number of carbonyl (C=O) groups is 2. The number of fused-ring (bicyclic) bond motifs is 1. The van der Waals surface area contributed by atoms with E-state index in [-0.39, 0.29) is 17.3 Å². The molecule has 198 valence electrons. The monoisotopic (exact) mass is 535 g/mol. The Balaban J connectivity index is 1.32. The summed E-state index contributed by atoms with van der Waals surface area (Å²) < 4.78 is 39.4. The SMILES string of the molecule is O=C(CN(c1ccc2c(c1)OCCO2)S(=O)(=O)c1ccccc1)NCc1cccc(CN2CCCC2=O)c1. The Bertz CT molecular complexity index is 1430. The van der Waals surface area contributed by atoms with Gasteiger partial charge in [0.1, 0.15) is 19.8 Å². The van der Waals surface area contributed by atoms with Gasteiger partial charge in [0.05, 0.1) is 10.6 Å². The van der Waals surface area contributed by atoms with Gasteiger partial charge in [0.15, 0.2) is 11.5 Å². The Labute approximate surface area is 222 Å². The highest BCUT2D eigenvalue weighted by atomic mass is 32.2. The van der Waals surface area contributed by atoms with Gasteiger partial charge >= 0.3 is 0 Å². The molecule has 0 unspecified atom stereocenters. The molecule has 0 atom stereocenters. The molecule has 0 saturated carbocycles. The van der Waals surface area contributed by atoms with E-state index in [1.54, 1.807) is 36.4 Å². The van der Waals surface area contributed by atoms with Gasteiger partial charge in [-0.2, -0.15) is 0 Å². The van der Waals surface area contributed by atoms with Crippen LogP contribution in [0.1, 0.15) is 24.0 Å². The maximum absolute atomic E-state index is 13.6. The third kappa shape index (κ3) is 5.75. The lowest BCUT2D eigenvalue weighted by Crippen LogP contribution is -2.40. The first kappa shape index (κ1) is 25.6. The molecule has 2 aliphatic heterocycles. The summed E-state index contributed by atoms with van der Waals surface area (Å²) in [5.74, 6) is 0.648. The zero-order valence-electron chi connectivity index (χ0n) is 20.8. The zero-order chi connectivity index (χ0) is 26.5. The van der Waals surface area contributed by atoms with Gasteiger partial charge < -0.3 is 19.7 Å². The van der Waals surface area contributed by atoms with E-state index >= 15 is 0 Å². The third-order valence-electron chi connectivity index (χ3n) is 6.46. The number of nitrogens with zero attached hydrogens (tertiary/aromatic N) is 2. The second-order valence-electron chi connectivity index (χ2n) is 9.17. The molecular formula is C28H29N3O6S. The van der Waals surface area contributed by atoms with Crippen LogP contribution in [0.25, 0.3) is 0 Å². The smallest absolute Gasteiger partial charge is 0.264 e. The standard InChI is InChI=1S/C28H29N3O6S/c32-27(29-18-21-6-4-7-22(16-21)19-30-13-5-10-28(30)33)20-31(38(34,35)24-8-2-1-3-9-24)23-11-12-25-26(17-23)37-15-14-36-25/h1-4,6-9,11-12,16-17H,5,10,13-15,18-20H2,(H,29,32). The van der Waals surface area contributed by atoms with Crippen LogP contribution in [0.15, 0.2) is 77.7 Å². The van der Waals surface area contributed by atoms with Crippen molar-refractivity contribution in [3.05, 3.63) is 83.9 Å². The van der Waals surface area contributed by atoms with Gasteiger partial charge in [-0.05, 0) is 41.8 Å². The fourth-order valence-corrected chi connectivity index (χ4v) is 5.97. The molecule has 2 amide bonds. The van der Waals surface area contributed by atoms with Gasteiger partial charge in [-0.25, -0.2) is 8.42 Å². The van der Waals surface area contributed by atoms with Crippen LogP contribution in [-0.2, 0) is 32.7 Å². The van der Waals surface area contributed by atoms with Crippen molar-refractivity contribution in [1.82, 2.24) is 10.2 Å². The summed E-state index contributed by atoms with van der Waals surface area (Å²) in [5, 5.41) is 2.83. The van der Waals surface area contributed by atoms with Crippen LogP contribution in [-0.4, -0.2) is 51.4 Å². The fraction of sp³-hybridized carbons (Fsp3) is 0.286. The lowest BCUT2D eigenvalue weighted by Gasteiger charge is -2.26. The minimum atomic E-state index is -4.05. The molecule has 0 spiro atoms. The topological polar surface area (TPSA) is 105 Å². The number of rotatable bonds is 9. The van der Waals surface area contributed by atoms with Gasteiger partial charge in [-0.1, -0.05) is 42.5 Å². The van der Waals surface area contributed by atoms with E-state index in [4.69, 9.17) is 9.47 Å². The van der Waals surface area contributed by atoms with Crippen LogP contribution in [0.4, 0.5) is 5.69 Å². The normalized spacial score (nSPS) is 14.8. The minimum absolute atomic E-state index is 0.0758. The summed E-state index contributed by atoms with van der Waals surface area (Å²) in [4.78, 5) is 26.9. The molecule has 1 fully saturated rings. The number of ether oxygens (including phenoxy) is 2. The summed E-state index contributed by atoms with van der Waals surface area (Å²) in [6, 6.07) is 20.5. The molecule has 3 aromatic rings. The molecule has 3 aromatic carbocycles. The third-order valence-corrected chi connectivity index (χ3v) is 8.25. The highest BCUT2D eigenvalue weighted by Gasteiger charge is 2.28. The van der Waals surface area contributed by atoms with Gasteiger partial charge in [-0.3, -0.25) is 13.9 Å². The van der Waals surface area contributed by atoms with E-state index in [1.807, 2.05) is 29.2 Å². The Hall–Kier alpha value is -4.05. The van der Waals surface area contributed by atoms with E-state index in [0.717, 1.165) is 28.4 Å². The van der Waals surface area contributed by atoms with E-state index in [0.29, 0.717) is 43.4 Å². The molecule has 0 aliphatic carbocycles. The van der Waals surface area contributed by atoms with Crippen molar-refractivity contribution in [2.75, 3.05) is 30.6 Å². The van der Waals surface area contributed by atoms with E-state index in [9.17, 15) is 18.0 Å². The highest BCUT2D eigenvalue weighted by molar-refractivity contribution is 7.92. The van der Waals surface area contributed by atoms with Crippen LogP contribution < -0.4 is 19.1 Å². The minimum Gasteiger partial charge on any atom is -0.486 e. The molecule has 10 heteroatoms. The van der Waals surface area contributed by atoms with E-state index in [2.05, 4.69) is 5.32 Å². The number of hydrogen-bond acceptors (Lipinski definition) is 6. The summed E-state index contributed by atoms with van der Waals surface area (Å²) in [6.45, 7) is 1.86. The average molecular weight is 536 g/mol. The van der Waals surface area contributed by atoms with Crippen molar-refractivity contribution in [2.45, 2.75) is 30.8 Å². The molecule has 2 heterocycles. The maximum Gasteiger partial charge on any atom is 0.264 e. The van der Waals surface area contributed by atoms with Gasteiger partial charge in [0.2, 0.25) is 11.8 Å². The number of hydrogen-bond donors (Lipinski definition) is 1. The van der Waals surface area contributed by atoms with Crippen molar-refractivity contribution in [1.29, 1.82) is 0 Å². The van der Waals surface area contributed by atoms with Crippen LogP contribution in [0, 0.1) is 0 Å². The van der Waals surface area contributed by atoms with Crippen LogP contribution in [0.5, 0.6) is 11.5 Å². The number of anilines is 1. The molecule has 2 aliphatic rings. The Kier molecular flexibility index (Phi) is 7.50. The second kappa shape index (κ2) is 11.1. The Morgan fingerprint density at radius 3 is 2.45 bits per heavy atom. The van der Waals surface area contributed by atoms with Gasteiger partial charge in [0.25, 0.3) is 10.0 Å². The number of likely N-dealkylation sites (tertiary alicyclic amines) is 1. The van der Waals surface area contributed by atoms with E-state index in [1.165, 1.54) is 12.1 Å². The average Bonchev–Trinajstić information content (AvgIpc) is 3.34. The van der Waals surface area contributed by atoms with Crippen LogP contribution in [0.2, 0.25) is 0 Å². The Morgan fingerprint density at radius 1 is 0.921 bits per heavy atom. The largest absolute Gasteiger partial charge is 0.486 e. The first-order valence-electron chi connectivity index (χ1n) is 12.5. The number of amides is 2. The summed E-state index contributed by atoms with van der Waals surface area (Å²) >= 11 is 0. The van der Waals surface area contributed by atoms with Crippen molar-refractivity contribution < 1.29 is 27.5 Å². The molecule has 1 N–H and O–H groups in total. The lowest BCUT2D eigenvalue weighted by molar-refractivity contribution is -0.128. The molecule has 1 saturated heterocycles. The van der Waals surface area contributed by atoms with Gasteiger partial charge in [-0.15, -0.1) is 0 Å². The molecular weight excluding hydrogens is 506 g/mol. The lowest BCUT2D eigenvalue weighted by atomic mass is 10.1. The van der Waals surface area contributed by atoms with Crippen molar-refractivity contribution in [3.63, 3.8) is 0 Å². The van der Waals surface area contributed by atoms with Crippen molar-refractivity contribution in [2.24, 2.45) is 0 Å². The second-order valence-corrected chi connectivity index (χ2v) is 11.0. The molecule has 0 bridgehead atoms.